The lowest BCUT2D eigenvalue weighted by atomic mass is 9.96. The maximum Gasteiger partial charge on any atom is 0.417 e. The number of likely N-dealkylation sites (tertiary alicyclic amines) is 1. The predicted molar refractivity (Wildman–Crippen MR) is 116 cm³/mol. The zero-order valence-electron chi connectivity index (χ0n) is 18.1. The van der Waals surface area contributed by atoms with Crippen molar-refractivity contribution in [3.8, 4) is 0 Å². The number of nitrogens with zero attached hydrogens (tertiary/aromatic N) is 1. The van der Waals surface area contributed by atoms with E-state index in [-0.39, 0.29) is 24.5 Å². The number of benzene rings is 2. The average molecular weight is 462 g/mol. The smallest absolute Gasteiger partial charge is 0.417 e. The van der Waals surface area contributed by atoms with Crippen molar-refractivity contribution in [2.75, 3.05) is 0 Å². The molecule has 0 aromatic heterocycles. The molecule has 0 N–H and O–H groups in total. The van der Waals surface area contributed by atoms with Gasteiger partial charge in [0.1, 0.15) is 24.1 Å². The Morgan fingerprint density at radius 1 is 1.12 bits per heavy atom. The molecule has 0 radical (unpaired) electrons. The first-order valence-corrected chi connectivity index (χ1v) is 10.6. The topological polar surface area (TPSA) is 72.9 Å². The molecule has 1 aliphatic rings. The van der Waals surface area contributed by atoms with Crippen molar-refractivity contribution in [1.82, 2.24) is 4.90 Å². The molecule has 0 aliphatic carbocycles. The van der Waals surface area contributed by atoms with Gasteiger partial charge in [0.15, 0.2) is 0 Å². The van der Waals surface area contributed by atoms with Crippen LogP contribution in [0.5, 0.6) is 0 Å². The molecule has 32 heavy (non-hydrogen) atoms. The molecular weight excluding hydrogens is 437 g/mol. The van der Waals surface area contributed by atoms with E-state index in [0.29, 0.717) is 5.56 Å². The third-order valence-electron chi connectivity index (χ3n) is 4.96. The quantitative estimate of drug-likeness (QED) is 0.591. The first-order valence-electron chi connectivity index (χ1n) is 10.3. The molecule has 1 fully saturated rings. The number of carbonyl (C=O) groups is 3. The Labute approximate surface area is 191 Å². The van der Waals surface area contributed by atoms with E-state index < -0.39 is 41.3 Å². The number of halogens is 2. The van der Waals surface area contributed by atoms with Gasteiger partial charge in [-0.3, -0.25) is 4.79 Å². The third-order valence-corrected chi connectivity index (χ3v) is 5.25. The second-order valence-electron chi connectivity index (χ2n) is 8.68. The van der Waals surface area contributed by atoms with Gasteiger partial charge in [0, 0.05) is 5.92 Å². The van der Waals surface area contributed by atoms with E-state index in [1.807, 2.05) is 18.2 Å². The lowest BCUT2D eigenvalue weighted by Gasteiger charge is -2.26. The van der Waals surface area contributed by atoms with Crippen molar-refractivity contribution in [2.24, 2.45) is 5.92 Å². The Hall–Kier alpha value is -2.93. The van der Waals surface area contributed by atoms with E-state index in [4.69, 9.17) is 21.1 Å². The van der Waals surface area contributed by atoms with Crippen molar-refractivity contribution in [2.45, 2.75) is 51.9 Å². The number of amides is 2. The van der Waals surface area contributed by atoms with E-state index in [1.165, 1.54) is 18.2 Å². The highest BCUT2D eigenvalue weighted by Gasteiger charge is 2.48. The molecule has 6 nitrogen and oxygen atoms in total. The van der Waals surface area contributed by atoms with Gasteiger partial charge in [-0.1, -0.05) is 48.0 Å². The summed E-state index contributed by atoms with van der Waals surface area (Å²) in [5.74, 6) is -2.47. The summed E-state index contributed by atoms with van der Waals surface area (Å²) in [6, 6.07) is 12.2. The van der Waals surface area contributed by atoms with Crippen LogP contribution in [-0.4, -0.2) is 34.5 Å². The van der Waals surface area contributed by atoms with Crippen LogP contribution in [0.3, 0.4) is 0 Å². The molecule has 2 atom stereocenters. The molecule has 1 heterocycles. The van der Waals surface area contributed by atoms with Crippen LogP contribution >= 0.6 is 11.6 Å². The van der Waals surface area contributed by atoms with Crippen LogP contribution in [-0.2, 0) is 32.1 Å². The third kappa shape index (κ3) is 5.85. The van der Waals surface area contributed by atoms with Gasteiger partial charge in [-0.05, 0) is 56.9 Å². The molecule has 170 valence electrons. The molecule has 1 aliphatic heterocycles. The molecule has 0 spiro atoms. The lowest BCUT2D eigenvalue weighted by molar-refractivity contribution is -0.152. The van der Waals surface area contributed by atoms with Crippen molar-refractivity contribution in [1.29, 1.82) is 0 Å². The number of rotatable bonds is 5. The number of imide groups is 1. The highest BCUT2D eigenvalue weighted by atomic mass is 35.5. The minimum absolute atomic E-state index is 0.0186. The maximum absolute atomic E-state index is 13.5. The fraction of sp³-hybridized carbons (Fsp3) is 0.375. The van der Waals surface area contributed by atoms with E-state index >= 15 is 0 Å². The van der Waals surface area contributed by atoms with Crippen LogP contribution in [0.15, 0.2) is 48.5 Å². The molecule has 2 aromatic carbocycles. The van der Waals surface area contributed by atoms with E-state index in [2.05, 4.69) is 0 Å². The summed E-state index contributed by atoms with van der Waals surface area (Å²) < 4.78 is 24.2. The van der Waals surface area contributed by atoms with Gasteiger partial charge in [-0.25, -0.2) is 18.9 Å². The second-order valence-corrected chi connectivity index (χ2v) is 9.09. The van der Waals surface area contributed by atoms with E-state index in [1.54, 1.807) is 32.9 Å². The van der Waals surface area contributed by atoms with Crippen LogP contribution in [0, 0.1) is 11.7 Å². The number of esters is 1. The number of hydrogen-bond donors (Lipinski definition) is 0. The number of hydrogen-bond acceptors (Lipinski definition) is 5. The Bertz CT molecular complexity index is 1010. The van der Waals surface area contributed by atoms with Gasteiger partial charge >= 0.3 is 12.1 Å². The summed E-state index contributed by atoms with van der Waals surface area (Å²) in [5.41, 5.74) is 0.557. The molecule has 1 saturated heterocycles. The normalized spacial score (nSPS) is 18.5. The largest absolute Gasteiger partial charge is 0.459 e. The number of carbonyl (C=O) groups excluding carboxylic acids is 3. The minimum Gasteiger partial charge on any atom is -0.459 e. The van der Waals surface area contributed by atoms with Gasteiger partial charge in [0.05, 0.1) is 5.02 Å². The lowest BCUT2D eigenvalue weighted by Crippen LogP contribution is -2.46. The standard InChI is InChI=1S/C24H25ClFNO5/c1-24(2,3)32-23(30)27-20(22(29)31-14-15-7-5-4-6-8-15)13-17(21(27)28)11-16-9-10-19(26)18(25)12-16/h4-10,12,17,20H,11,13-14H2,1-3H3/t17-,20+/m0/s1. The molecule has 0 bridgehead atoms. The molecule has 2 aromatic rings. The highest BCUT2D eigenvalue weighted by Crippen LogP contribution is 2.31. The molecule has 2 amide bonds. The van der Waals surface area contributed by atoms with Gasteiger partial charge in [0.25, 0.3) is 0 Å². The van der Waals surface area contributed by atoms with Gasteiger partial charge in [-0.15, -0.1) is 0 Å². The van der Waals surface area contributed by atoms with Crippen molar-refractivity contribution in [3.63, 3.8) is 0 Å². The predicted octanol–water partition coefficient (Wildman–Crippen LogP) is 4.92. The SMILES string of the molecule is CC(C)(C)OC(=O)N1C(=O)[C@@H](Cc2ccc(F)c(Cl)c2)C[C@@H]1C(=O)OCc1ccccc1. The monoisotopic (exact) mass is 461 g/mol. The van der Waals surface area contributed by atoms with Crippen LogP contribution < -0.4 is 0 Å². The summed E-state index contributed by atoms with van der Waals surface area (Å²) >= 11 is 5.85. The van der Waals surface area contributed by atoms with Crippen molar-refractivity contribution in [3.05, 3.63) is 70.5 Å². The highest BCUT2D eigenvalue weighted by molar-refractivity contribution is 6.30. The van der Waals surface area contributed by atoms with Gasteiger partial charge in [-0.2, -0.15) is 0 Å². The minimum atomic E-state index is -1.11. The molecular formula is C24H25ClFNO5. The second kappa shape index (κ2) is 9.69. The van der Waals surface area contributed by atoms with Crippen LogP contribution in [0.2, 0.25) is 5.02 Å². The zero-order chi connectivity index (χ0) is 23.5. The van der Waals surface area contributed by atoms with Crippen LogP contribution in [0.25, 0.3) is 0 Å². The summed E-state index contributed by atoms with van der Waals surface area (Å²) in [6.45, 7) is 5.04. The Morgan fingerprint density at radius 3 is 2.44 bits per heavy atom. The fourth-order valence-electron chi connectivity index (χ4n) is 3.50. The zero-order valence-corrected chi connectivity index (χ0v) is 18.9. The summed E-state index contributed by atoms with van der Waals surface area (Å²) in [7, 11) is 0. The Kier molecular flexibility index (Phi) is 7.19. The van der Waals surface area contributed by atoms with Gasteiger partial charge < -0.3 is 9.47 Å². The van der Waals surface area contributed by atoms with Crippen molar-refractivity contribution >= 4 is 29.6 Å². The Balaban J connectivity index is 1.79. The van der Waals surface area contributed by atoms with Crippen LogP contribution in [0.1, 0.15) is 38.3 Å². The average Bonchev–Trinajstić information content (AvgIpc) is 3.05. The van der Waals surface area contributed by atoms with Crippen molar-refractivity contribution < 1.29 is 28.2 Å². The summed E-state index contributed by atoms with van der Waals surface area (Å²) in [4.78, 5) is 39.5. The Morgan fingerprint density at radius 2 is 1.81 bits per heavy atom. The fourth-order valence-corrected chi connectivity index (χ4v) is 3.71. The van der Waals surface area contributed by atoms with Gasteiger partial charge in [0.2, 0.25) is 5.91 Å². The molecule has 8 heteroatoms. The van der Waals surface area contributed by atoms with Crippen LogP contribution in [0.4, 0.5) is 9.18 Å². The maximum atomic E-state index is 13.5. The van der Waals surface area contributed by atoms with E-state index in [0.717, 1.165) is 10.5 Å². The summed E-state index contributed by atoms with van der Waals surface area (Å²) in [5, 5.41) is -0.0595. The molecule has 0 unspecified atom stereocenters. The molecule has 0 saturated carbocycles. The first kappa shape index (κ1) is 23.7. The first-order chi connectivity index (χ1) is 15.0. The molecule has 3 rings (SSSR count). The summed E-state index contributed by atoms with van der Waals surface area (Å²) in [6.07, 6.45) is -0.634. The van der Waals surface area contributed by atoms with E-state index in [9.17, 15) is 18.8 Å². The number of ether oxygens (including phenoxy) is 2.